The van der Waals surface area contributed by atoms with Crippen LogP contribution in [0, 0.1) is 6.92 Å². The van der Waals surface area contributed by atoms with Gasteiger partial charge >= 0.3 is 0 Å². The molecule has 0 atom stereocenters. The number of rotatable bonds is 3. The van der Waals surface area contributed by atoms with Crippen LogP contribution in [0.3, 0.4) is 0 Å². The minimum absolute atomic E-state index is 0.134. The molecule has 0 unspecified atom stereocenters. The summed E-state index contributed by atoms with van der Waals surface area (Å²) < 4.78 is 5.30. The van der Waals surface area contributed by atoms with Crippen molar-refractivity contribution in [2.24, 2.45) is 0 Å². The minimum atomic E-state index is -0.234. The fraction of sp³-hybridized carbons (Fsp3) is 0.700. The first-order chi connectivity index (χ1) is 7.24. The Kier molecular flexibility index (Phi) is 3.23. The molecule has 1 saturated heterocycles. The van der Waals surface area contributed by atoms with Crippen LogP contribution in [-0.4, -0.2) is 35.5 Å². The molecule has 15 heavy (non-hydrogen) atoms. The van der Waals surface area contributed by atoms with E-state index in [1.165, 1.54) is 0 Å². The summed E-state index contributed by atoms with van der Waals surface area (Å²) in [7, 11) is 0. The summed E-state index contributed by atoms with van der Waals surface area (Å²) in [6, 6.07) is 0. The summed E-state index contributed by atoms with van der Waals surface area (Å²) in [5, 5.41) is 15.7. The second-order valence-electron chi connectivity index (χ2n) is 3.97. The topological polar surface area (TPSA) is 54.4 Å². The SMILES string of the molecule is Cc1csc(NC2(CO)CCOCC2)n1. The van der Waals surface area contributed by atoms with Crippen molar-refractivity contribution in [3.05, 3.63) is 11.1 Å². The molecule has 1 aliphatic heterocycles. The van der Waals surface area contributed by atoms with Gasteiger partial charge in [-0.2, -0.15) is 0 Å². The minimum Gasteiger partial charge on any atom is -0.394 e. The number of hydrogen-bond acceptors (Lipinski definition) is 5. The average Bonchev–Trinajstić information content (AvgIpc) is 2.65. The number of aliphatic hydroxyl groups excluding tert-OH is 1. The Hall–Kier alpha value is -0.650. The van der Waals surface area contributed by atoms with Crippen molar-refractivity contribution in [1.29, 1.82) is 0 Å². The zero-order valence-electron chi connectivity index (χ0n) is 8.82. The molecule has 0 saturated carbocycles. The van der Waals surface area contributed by atoms with Crippen LogP contribution < -0.4 is 5.32 Å². The molecule has 5 heteroatoms. The summed E-state index contributed by atoms with van der Waals surface area (Å²) in [6.45, 7) is 3.52. The maximum Gasteiger partial charge on any atom is 0.183 e. The van der Waals surface area contributed by atoms with Gasteiger partial charge in [-0.25, -0.2) is 4.98 Å². The largest absolute Gasteiger partial charge is 0.394 e. The fourth-order valence-corrected chi connectivity index (χ4v) is 2.53. The fourth-order valence-electron chi connectivity index (χ4n) is 1.72. The molecule has 1 aromatic heterocycles. The van der Waals surface area contributed by atoms with Gasteiger partial charge in [0.1, 0.15) is 0 Å². The number of aryl methyl sites for hydroxylation is 1. The molecular weight excluding hydrogens is 212 g/mol. The number of aromatic nitrogens is 1. The van der Waals surface area contributed by atoms with Gasteiger partial charge in [0, 0.05) is 18.6 Å². The molecule has 4 nitrogen and oxygen atoms in total. The van der Waals surface area contributed by atoms with Gasteiger partial charge in [0.05, 0.1) is 17.8 Å². The Morgan fingerprint density at radius 1 is 1.60 bits per heavy atom. The molecule has 84 valence electrons. The summed E-state index contributed by atoms with van der Waals surface area (Å²) in [5.74, 6) is 0. The molecule has 0 aliphatic carbocycles. The zero-order valence-corrected chi connectivity index (χ0v) is 9.64. The molecule has 0 amide bonds. The Morgan fingerprint density at radius 2 is 2.33 bits per heavy atom. The van der Waals surface area contributed by atoms with Gasteiger partial charge in [-0.05, 0) is 19.8 Å². The van der Waals surface area contributed by atoms with E-state index in [2.05, 4.69) is 10.3 Å². The van der Waals surface area contributed by atoms with Crippen molar-refractivity contribution >= 4 is 16.5 Å². The van der Waals surface area contributed by atoms with E-state index in [-0.39, 0.29) is 12.1 Å². The van der Waals surface area contributed by atoms with Crippen LogP contribution in [0.5, 0.6) is 0 Å². The average molecular weight is 228 g/mol. The van der Waals surface area contributed by atoms with Crippen LogP contribution in [0.15, 0.2) is 5.38 Å². The van der Waals surface area contributed by atoms with E-state index in [0.717, 1.165) is 23.7 Å². The van der Waals surface area contributed by atoms with Crippen LogP contribution in [0.4, 0.5) is 5.13 Å². The van der Waals surface area contributed by atoms with Gasteiger partial charge in [0.2, 0.25) is 0 Å². The monoisotopic (exact) mass is 228 g/mol. The molecular formula is C10H16N2O2S. The molecule has 0 spiro atoms. The maximum atomic E-state index is 9.47. The molecule has 1 aromatic rings. The van der Waals surface area contributed by atoms with Crippen LogP contribution in [0.2, 0.25) is 0 Å². The van der Waals surface area contributed by atoms with E-state index in [4.69, 9.17) is 4.74 Å². The first-order valence-corrected chi connectivity index (χ1v) is 6.01. The molecule has 0 aromatic carbocycles. The highest BCUT2D eigenvalue weighted by Gasteiger charge is 2.32. The molecule has 0 radical (unpaired) electrons. The van der Waals surface area contributed by atoms with Crippen molar-refractivity contribution in [1.82, 2.24) is 4.98 Å². The Morgan fingerprint density at radius 3 is 2.87 bits per heavy atom. The van der Waals surface area contributed by atoms with Gasteiger partial charge in [0.25, 0.3) is 0 Å². The first kappa shape index (κ1) is 10.9. The maximum absolute atomic E-state index is 9.47. The third-order valence-electron chi connectivity index (χ3n) is 2.74. The van der Waals surface area contributed by atoms with Crippen molar-refractivity contribution in [3.8, 4) is 0 Å². The lowest BCUT2D eigenvalue weighted by molar-refractivity contribution is 0.0380. The van der Waals surface area contributed by atoms with Crippen LogP contribution in [0.1, 0.15) is 18.5 Å². The smallest absolute Gasteiger partial charge is 0.183 e. The number of nitrogens with zero attached hydrogens (tertiary/aromatic N) is 1. The van der Waals surface area contributed by atoms with E-state index >= 15 is 0 Å². The van der Waals surface area contributed by atoms with Gasteiger partial charge < -0.3 is 15.2 Å². The summed E-state index contributed by atoms with van der Waals surface area (Å²) in [5.41, 5.74) is 0.783. The number of thiazole rings is 1. The third kappa shape index (κ3) is 2.48. The highest BCUT2D eigenvalue weighted by atomic mass is 32.1. The van der Waals surface area contributed by atoms with Crippen molar-refractivity contribution in [2.75, 3.05) is 25.1 Å². The molecule has 1 aliphatic rings. The summed E-state index contributed by atoms with van der Waals surface area (Å²) in [4.78, 5) is 4.35. The Labute approximate surface area is 93.3 Å². The highest BCUT2D eigenvalue weighted by Crippen LogP contribution is 2.27. The Bertz CT molecular complexity index is 321. The lowest BCUT2D eigenvalue weighted by Gasteiger charge is -2.36. The quantitative estimate of drug-likeness (QED) is 0.821. The van der Waals surface area contributed by atoms with E-state index in [1.54, 1.807) is 11.3 Å². The van der Waals surface area contributed by atoms with E-state index in [9.17, 15) is 5.11 Å². The van der Waals surface area contributed by atoms with Crippen LogP contribution in [-0.2, 0) is 4.74 Å². The number of ether oxygens (including phenoxy) is 1. The predicted octanol–water partition coefficient (Wildman–Crippen LogP) is 1.40. The molecule has 2 heterocycles. The second kappa shape index (κ2) is 4.47. The van der Waals surface area contributed by atoms with Crippen LogP contribution in [0.25, 0.3) is 0 Å². The standard InChI is InChI=1S/C10H16N2O2S/c1-8-6-15-9(11-8)12-10(7-13)2-4-14-5-3-10/h6,13H,2-5,7H2,1H3,(H,11,12). The molecule has 1 fully saturated rings. The summed E-state index contributed by atoms with van der Waals surface area (Å²) >= 11 is 1.58. The van der Waals surface area contributed by atoms with Crippen molar-refractivity contribution in [2.45, 2.75) is 25.3 Å². The van der Waals surface area contributed by atoms with Crippen molar-refractivity contribution < 1.29 is 9.84 Å². The molecule has 2 N–H and O–H groups in total. The Balaban J connectivity index is 2.06. The first-order valence-electron chi connectivity index (χ1n) is 5.13. The van der Waals surface area contributed by atoms with Crippen LogP contribution >= 0.6 is 11.3 Å². The van der Waals surface area contributed by atoms with Gasteiger partial charge in [-0.3, -0.25) is 0 Å². The van der Waals surface area contributed by atoms with Crippen molar-refractivity contribution in [3.63, 3.8) is 0 Å². The van der Waals surface area contributed by atoms with Gasteiger partial charge in [-0.15, -0.1) is 11.3 Å². The summed E-state index contributed by atoms with van der Waals surface area (Å²) in [6.07, 6.45) is 1.67. The lowest BCUT2D eigenvalue weighted by atomic mass is 9.91. The third-order valence-corrected chi connectivity index (χ3v) is 3.62. The lowest BCUT2D eigenvalue weighted by Crippen LogP contribution is -2.46. The predicted molar refractivity (Wildman–Crippen MR) is 60.3 cm³/mol. The zero-order chi connectivity index (χ0) is 10.7. The highest BCUT2D eigenvalue weighted by molar-refractivity contribution is 7.13. The molecule has 2 rings (SSSR count). The number of nitrogens with one attached hydrogen (secondary N) is 1. The molecule has 0 bridgehead atoms. The normalized spacial score (nSPS) is 20.1. The van der Waals surface area contributed by atoms with Gasteiger partial charge in [0.15, 0.2) is 5.13 Å². The number of anilines is 1. The van der Waals surface area contributed by atoms with E-state index in [0.29, 0.717) is 13.2 Å². The van der Waals surface area contributed by atoms with E-state index < -0.39 is 0 Å². The second-order valence-corrected chi connectivity index (χ2v) is 4.83. The number of hydrogen-bond donors (Lipinski definition) is 2. The number of aliphatic hydroxyl groups is 1. The van der Waals surface area contributed by atoms with Gasteiger partial charge in [-0.1, -0.05) is 0 Å². The van der Waals surface area contributed by atoms with E-state index in [1.807, 2.05) is 12.3 Å².